The van der Waals surface area contributed by atoms with Gasteiger partial charge in [-0.25, -0.2) is 9.18 Å². The first kappa shape index (κ1) is 23.1. The Bertz CT molecular complexity index is 994. The van der Waals surface area contributed by atoms with E-state index in [1.165, 1.54) is 33.7 Å². The zero-order chi connectivity index (χ0) is 23.0. The average molecular weight is 486 g/mol. The first-order chi connectivity index (χ1) is 15.2. The van der Waals surface area contributed by atoms with Gasteiger partial charge >= 0.3 is 6.09 Å². The van der Waals surface area contributed by atoms with Crippen LogP contribution < -0.4 is 15.1 Å². The maximum absolute atomic E-state index is 14.9. The largest absolute Gasteiger partial charge is 0.442 e. The number of anilines is 2. The lowest BCUT2D eigenvalue weighted by Crippen LogP contribution is -2.51. The predicted molar refractivity (Wildman–Crippen MR) is 124 cm³/mol. The van der Waals surface area contributed by atoms with Gasteiger partial charge in [0, 0.05) is 46.2 Å². The van der Waals surface area contributed by atoms with Crippen molar-refractivity contribution < 1.29 is 22.3 Å². The molecule has 1 atom stereocenters. The molecule has 2 saturated heterocycles. The molecule has 1 saturated carbocycles. The summed E-state index contributed by atoms with van der Waals surface area (Å²) in [7, 11) is -0.499. The number of hydrogen-bond acceptors (Lipinski definition) is 6. The Morgan fingerprint density at radius 2 is 1.94 bits per heavy atom. The highest BCUT2D eigenvalue weighted by molar-refractivity contribution is 7.86. The molecule has 176 valence electrons. The van der Waals surface area contributed by atoms with E-state index in [1.807, 2.05) is 4.90 Å². The van der Waals surface area contributed by atoms with Crippen molar-refractivity contribution in [2.75, 3.05) is 63.2 Å². The van der Waals surface area contributed by atoms with Crippen LogP contribution in [-0.2, 0) is 14.9 Å². The van der Waals surface area contributed by atoms with Crippen molar-refractivity contribution in [2.45, 2.75) is 18.9 Å². The van der Waals surface area contributed by atoms with Gasteiger partial charge in [0.2, 0.25) is 0 Å². The molecule has 2 aliphatic heterocycles. The standard InChI is InChI=1S/C20H28FN5O4S2/c1-23(2)32(28,29)25-9-7-24(8-10-25)18-6-5-15(11-17(18)21)26-13-16(30-20(26)27)12-22-19(31)14-3-4-14/h5-6,11,14,16H,3-4,7-10,12-13H2,1-2H3,(H,22,31)/t16-/m0/s1. The zero-order valence-corrected chi connectivity index (χ0v) is 19.8. The van der Waals surface area contributed by atoms with Crippen LogP contribution in [0.2, 0.25) is 0 Å². The van der Waals surface area contributed by atoms with E-state index in [2.05, 4.69) is 5.32 Å². The number of rotatable bonds is 7. The smallest absolute Gasteiger partial charge is 0.414 e. The van der Waals surface area contributed by atoms with Crippen molar-refractivity contribution in [3.8, 4) is 0 Å². The summed E-state index contributed by atoms with van der Waals surface area (Å²) < 4.78 is 47.4. The van der Waals surface area contributed by atoms with Crippen molar-refractivity contribution >= 4 is 44.9 Å². The van der Waals surface area contributed by atoms with Crippen LogP contribution >= 0.6 is 12.2 Å². The normalized spacial score (nSPS) is 22.4. The van der Waals surface area contributed by atoms with Crippen molar-refractivity contribution in [3.05, 3.63) is 24.0 Å². The summed E-state index contributed by atoms with van der Waals surface area (Å²) in [6.07, 6.45) is 1.35. The summed E-state index contributed by atoms with van der Waals surface area (Å²) in [6, 6.07) is 4.64. The fourth-order valence-electron chi connectivity index (χ4n) is 3.85. The number of ether oxygens (including phenoxy) is 1. The molecule has 0 aromatic heterocycles. The van der Waals surface area contributed by atoms with E-state index in [0.29, 0.717) is 43.5 Å². The molecule has 1 aliphatic carbocycles. The van der Waals surface area contributed by atoms with E-state index in [-0.39, 0.29) is 19.2 Å². The summed E-state index contributed by atoms with van der Waals surface area (Å²) in [5, 5.41) is 3.16. The quantitative estimate of drug-likeness (QED) is 0.585. The van der Waals surface area contributed by atoms with Gasteiger partial charge in [-0.15, -0.1) is 0 Å². The molecule has 0 unspecified atom stereocenters. The molecule has 1 aromatic carbocycles. The fraction of sp³-hybridized carbons (Fsp3) is 0.600. The molecule has 32 heavy (non-hydrogen) atoms. The molecular weight excluding hydrogens is 457 g/mol. The van der Waals surface area contributed by atoms with Crippen LogP contribution in [0.5, 0.6) is 0 Å². The van der Waals surface area contributed by atoms with Crippen LogP contribution in [0.15, 0.2) is 18.2 Å². The van der Waals surface area contributed by atoms with Crippen molar-refractivity contribution in [1.82, 2.24) is 13.9 Å². The monoisotopic (exact) mass is 485 g/mol. The highest BCUT2D eigenvalue weighted by Crippen LogP contribution is 2.31. The molecule has 0 bridgehead atoms. The zero-order valence-electron chi connectivity index (χ0n) is 18.2. The van der Waals surface area contributed by atoms with Gasteiger partial charge in [-0.2, -0.15) is 17.0 Å². The lowest BCUT2D eigenvalue weighted by Gasteiger charge is -2.36. The highest BCUT2D eigenvalue weighted by Gasteiger charge is 2.34. The molecule has 1 amide bonds. The number of halogens is 1. The minimum atomic E-state index is -3.48. The number of hydrogen-bond donors (Lipinski definition) is 1. The van der Waals surface area contributed by atoms with Gasteiger partial charge in [-0.1, -0.05) is 12.2 Å². The van der Waals surface area contributed by atoms with E-state index < -0.39 is 22.1 Å². The second-order valence-electron chi connectivity index (χ2n) is 8.45. The number of amides is 1. The SMILES string of the molecule is CN(C)S(=O)(=O)N1CCN(c2ccc(N3C[C@H](CNC(=S)C4CC4)OC3=O)cc2F)CC1. The molecule has 4 rings (SSSR count). The fourth-order valence-corrected chi connectivity index (χ4v) is 5.26. The third-order valence-corrected chi connectivity index (χ3v) is 8.35. The van der Waals surface area contributed by atoms with Gasteiger partial charge in [0.1, 0.15) is 11.9 Å². The first-order valence-electron chi connectivity index (χ1n) is 10.6. The van der Waals surface area contributed by atoms with E-state index in [1.54, 1.807) is 12.1 Å². The lowest BCUT2D eigenvalue weighted by molar-refractivity contribution is 0.143. The number of nitrogens with one attached hydrogen (secondary N) is 1. The maximum Gasteiger partial charge on any atom is 0.414 e. The van der Waals surface area contributed by atoms with Crippen LogP contribution in [0, 0.1) is 11.7 Å². The summed E-state index contributed by atoms with van der Waals surface area (Å²) in [4.78, 5) is 16.3. The minimum Gasteiger partial charge on any atom is -0.442 e. The average Bonchev–Trinajstić information content (AvgIpc) is 3.54. The summed E-state index contributed by atoms with van der Waals surface area (Å²) in [5.74, 6) is -0.0135. The summed E-state index contributed by atoms with van der Waals surface area (Å²) in [5.41, 5.74) is 0.813. The Kier molecular flexibility index (Phi) is 6.57. The second kappa shape index (κ2) is 9.08. The molecule has 0 spiro atoms. The Labute approximate surface area is 193 Å². The van der Waals surface area contributed by atoms with Gasteiger partial charge < -0.3 is 15.0 Å². The number of thiocarbonyl (C=S) groups is 1. The number of benzene rings is 1. The predicted octanol–water partition coefficient (Wildman–Crippen LogP) is 1.41. The van der Waals surface area contributed by atoms with Crippen LogP contribution in [0.4, 0.5) is 20.6 Å². The molecule has 12 heteroatoms. The highest BCUT2D eigenvalue weighted by atomic mass is 32.2. The van der Waals surface area contributed by atoms with Gasteiger partial charge in [0.15, 0.2) is 0 Å². The summed E-state index contributed by atoms with van der Waals surface area (Å²) in [6.45, 7) is 2.07. The van der Waals surface area contributed by atoms with Crippen molar-refractivity contribution in [3.63, 3.8) is 0 Å². The van der Waals surface area contributed by atoms with E-state index in [9.17, 15) is 17.6 Å². The summed E-state index contributed by atoms with van der Waals surface area (Å²) >= 11 is 5.30. The lowest BCUT2D eigenvalue weighted by atomic mass is 10.2. The Hall–Kier alpha value is -2.02. The Morgan fingerprint density at radius 3 is 2.53 bits per heavy atom. The molecule has 3 fully saturated rings. The number of piperazine rings is 1. The third-order valence-electron chi connectivity index (χ3n) is 5.94. The number of cyclic esters (lactones) is 1. The number of carbonyl (C=O) groups is 1. The molecule has 1 N–H and O–H groups in total. The topological polar surface area (TPSA) is 85.4 Å². The van der Waals surface area contributed by atoms with Gasteiger partial charge in [0.05, 0.1) is 29.5 Å². The van der Waals surface area contributed by atoms with Crippen molar-refractivity contribution in [2.24, 2.45) is 5.92 Å². The van der Waals surface area contributed by atoms with Gasteiger partial charge in [-0.3, -0.25) is 4.90 Å². The Morgan fingerprint density at radius 1 is 1.25 bits per heavy atom. The molecule has 2 heterocycles. The molecular formula is C20H28FN5O4S2. The second-order valence-corrected chi connectivity index (χ2v) is 11.0. The van der Waals surface area contributed by atoms with E-state index in [4.69, 9.17) is 17.0 Å². The van der Waals surface area contributed by atoms with Crippen LogP contribution in [0.1, 0.15) is 12.8 Å². The van der Waals surface area contributed by atoms with E-state index in [0.717, 1.165) is 17.8 Å². The molecule has 0 radical (unpaired) electrons. The number of nitrogens with zero attached hydrogens (tertiary/aromatic N) is 4. The molecule has 1 aromatic rings. The van der Waals surface area contributed by atoms with Gasteiger partial charge in [-0.05, 0) is 31.0 Å². The molecule has 9 nitrogen and oxygen atoms in total. The van der Waals surface area contributed by atoms with E-state index >= 15 is 0 Å². The molecule has 3 aliphatic rings. The van der Waals surface area contributed by atoms with Crippen LogP contribution in [0.25, 0.3) is 0 Å². The third kappa shape index (κ3) is 4.82. The van der Waals surface area contributed by atoms with Crippen LogP contribution in [-0.4, -0.2) is 87.6 Å². The Balaban J connectivity index is 1.36. The maximum atomic E-state index is 14.9. The first-order valence-corrected chi connectivity index (χ1v) is 12.5. The minimum absolute atomic E-state index is 0.275. The van der Waals surface area contributed by atoms with Gasteiger partial charge in [0.25, 0.3) is 10.2 Å². The van der Waals surface area contributed by atoms with Crippen LogP contribution in [0.3, 0.4) is 0 Å². The number of carbonyl (C=O) groups excluding carboxylic acids is 1. The van der Waals surface area contributed by atoms with Crippen molar-refractivity contribution in [1.29, 1.82) is 0 Å².